The molecule has 2 fully saturated rings. The lowest BCUT2D eigenvalue weighted by Gasteiger charge is -2.12. The molecule has 2 N–H and O–H groups in total. The molecule has 1 unspecified atom stereocenters. The highest BCUT2D eigenvalue weighted by molar-refractivity contribution is 8.15. The number of hydrogen-bond acceptors (Lipinski definition) is 6. The number of hydrogen-bond donors (Lipinski definition) is 2. The molecule has 1 saturated carbocycles. The number of carbonyl (C=O) groups excluding carboxylic acids is 2. The van der Waals surface area contributed by atoms with Crippen LogP contribution in [0.4, 0.5) is 5.95 Å². The van der Waals surface area contributed by atoms with E-state index in [1.165, 1.54) is 11.8 Å². The minimum Gasteiger partial charge on any atom is -0.353 e. The highest BCUT2D eigenvalue weighted by Crippen LogP contribution is 2.24. The van der Waals surface area contributed by atoms with Crippen molar-refractivity contribution in [1.29, 1.82) is 0 Å². The maximum Gasteiger partial charge on any atom is 0.251 e. The molecule has 2 aliphatic rings. The van der Waals surface area contributed by atoms with Gasteiger partial charge < -0.3 is 10.6 Å². The average Bonchev–Trinajstić information content (AvgIpc) is 3.11. The smallest absolute Gasteiger partial charge is 0.251 e. The molecule has 22 heavy (non-hydrogen) atoms. The molecule has 0 aromatic carbocycles. The van der Waals surface area contributed by atoms with Crippen molar-refractivity contribution in [2.75, 3.05) is 0 Å². The lowest BCUT2D eigenvalue weighted by atomic mass is 10.2. The summed E-state index contributed by atoms with van der Waals surface area (Å²) in [7, 11) is 0. The summed E-state index contributed by atoms with van der Waals surface area (Å²) in [5, 5.41) is 5.66. The summed E-state index contributed by atoms with van der Waals surface area (Å²) in [6, 6.07) is 1.97. The molecule has 0 radical (unpaired) electrons. The van der Waals surface area contributed by atoms with Gasteiger partial charge in [0.05, 0.1) is 0 Å². The fourth-order valence-electron chi connectivity index (χ4n) is 2.56. The van der Waals surface area contributed by atoms with Crippen molar-refractivity contribution in [2.24, 2.45) is 4.99 Å². The van der Waals surface area contributed by atoms with Gasteiger partial charge in [-0.1, -0.05) is 24.6 Å². The molecule has 1 aromatic rings. The SMILES string of the molecule is O=C(CC1S/C(=N\c2ncccn2)NC1=O)NC1CCCC1. The summed E-state index contributed by atoms with van der Waals surface area (Å²) >= 11 is 1.25. The van der Waals surface area contributed by atoms with Crippen LogP contribution in [0.3, 0.4) is 0 Å². The topological polar surface area (TPSA) is 96.3 Å². The summed E-state index contributed by atoms with van der Waals surface area (Å²) < 4.78 is 0. The Hall–Kier alpha value is -1.96. The molecule has 1 aliphatic heterocycles. The van der Waals surface area contributed by atoms with E-state index < -0.39 is 5.25 Å². The van der Waals surface area contributed by atoms with Crippen molar-refractivity contribution in [1.82, 2.24) is 20.6 Å². The van der Waals surface area contributed by atoms with Crippen LogP contribution in [0.2, 0.25) is 0 Å². The number of amidine groups is 1. The van der Waals surface area contributed by atoms with Crippen LogP contribution < -0.4 is 10.6 Å². The van der Waals surface area contributed by atoms with Crippen LogP contribution >= 0.6 is 11.8 Å². The summed E-state index contributed by atoms with van der Waals surface area (Å²) in [6.07, 6.45) is 7.74. The van der Waals surface area contributed by atoms with Crippen LogP contribution in [-0.4, -0.2) is 38.2 Å². The third-order valence-electron chi connectivity index (χ3n) is 3.62. The number of amides is 2. The first-order valence-corrected chi connectivity index (χ1v) is 8.21. The van der Waals surface area contributed by atoms with Gasteiger partial charge in [0.15, 0.2) is 5.17 Å². The molecule has 1 aliphatic carbocycles. The average molecular weight is 319 g/mol. The predicted octanol–water partition coefficient (Wildman–Crippen LogP) is 1.14. The Morgan fingerprint density at radius 3 is 2.82 bits per heavy atom. The van der Waals surface area contributed by atoms with Crippen LogP contribution in [-0.2, 0) is 9.59 Å². The quantitative estimate of drug-likeness (QED) is 0.867. The molecule has 1 aromatic heterocycles. The van der Waals surface area contributed by atoms with Crippen molar-refractivity contribution in [3.8, 4) is 0 Å². The van der Waals surface area contributed by atoms with Gasteiger partial charge in [0, 0.05) is 24.9 Å². The monoisotopic (exact) mass is 319 g/mol. The largest absolute Gasteiger partial charge is 0.353 e. The second-order valence-corrected chi connectivity index (χ2v) is 6.51. The Morgan fingerprint density at radius 2 is 2.09 bits per heavy atom. The van der Waals surface area contributed by atoms with Crippen molar-refractivity contribution >= 4 is 34.7 Å². The molecular formula is C14H17N5O2S. The lowest BCUT2D eigenvalue weighted by Crippen LogP contribution is -2.36. The molecule has 8 heteroatoms. The van der Waals surface area contributed by atoms with E-state index in [0.29, 0.717) is 11.1 Å². The predicted molar refractivity (Wildman–Crippen MR) is 83.7 cm³/mol. The first-order valence-electron chi connectivity index (χ1n) is 7.33. The molecular weight excluding hydrogens is 302 g/mol. The van der Waals surface area contributed by atoms with Crippen LogP contribution in [0.1, 0.15) is 32.1 Å². The lowest BCUT2D eigenvalue weighted by molar-refractivity contribution is -0.125. The maximum absolute atomic E-state index is 12.0. The number of carbonyl (C=O) groups is 2. The Balaban J connectivity index is 1.55. The van der Waals surface area contributed by atoms with E-state index in [4.69, 9.17) is 0 Å². The van der Waals surface area contributed by atoms with E-state index >= 15 is 0 Å². The van der Waals surface area contributed by atoms with Gasteiger partial charge in [-0.3, -0.25) is 9.59 Å². The molecule has 2 heterocycles. The molecule has 2 amide bonds. The van der Waals surface area contributed by atoms with Gasteiger partial charge in [0.25, 0.3) is 5.95 Å². The summed E-state index contributed by atoms with van der Waals surface area (Å²) in [5.74, 6) is 0.0272. The van der Waals surface area contributed by atoms with Crippen molar-refractivity contribution in [3.63, 3.8) is 0 Å². The Morgan fingerprint density at radius 1 is 1.36 bits per heavy atom. The number of nitrogens with one attached hydrogen (secondary N) is 2. The molecule has 0 spiro atoms. The van der Waals surface area contributed by atoms with Crippen molar-refractivity contribution in [3.05, 3.63) is 18.5 Å². The van der Waals surface area contributed by atoms with E-state index in [-0.39, 0.29) is 24.3 Å². The molecule has 1 atom stereocenters. The third kappa shape index (κ3) is 3.82. The number of nitrogens with zero attached hydrogens (tertiary/aromatic N) is 3. The van der Waals surface area contributed by atoms with Crippen molar-refractivity contribution in [2.45, 2.75) is 43.4 Å². The molecule has 1 saturated heterocycles. The number of thioether (sulfide) groups is 1. The zero-order valence-corrected chi connectivity index (χ0v) is 12.8. The van der Waals surface area contributed by atoms with Crippen LogP contribution in [0.5, 0.6) is 0 Å². The molecule has 7 nitrogen and oxygen atoms in total. The van der Waals surface area contributed by atoms with Gasteiger partial charge in [0.1, 0.15) is 5.25 Å². The zero-order valence-electron chi connectivity index (χ0n) is 12.0. The Kier molecular flexibility index (Phi) is 4.67. The fraction of sp³-hybridized carbons (Fsp3) is 0.500. The second-order valence-electron chi connectivity index (χ2n) is 5.31. The zero-order chi connectivity index (χ0) is 15.4. The molecule has 3 rings (SSSR count). The minimum atomic E-state index is -0.441. The van der Waals surface area contributed by atoms with Gasteiger partial charge in [-0.2, -0.15) is 4.99 Å². The summed E-state index contributed by atoms with van der Waals surface area (Å²) in [4.78, 5) is 36.0. The minimum absolute atomic E-state index is 0.0724. The Labute approximate surface area is 132 Å². The van der Waals surface area contributed by atoms with Crippen LogP contribution in [0.25, 0.3) is 0 Å². The van der Waals surface area contributed by atoms with E-state index in [9.17, 15) is 9.59 Å². The third-order valence-corrected chi connectivity index (χ3v) is 4.70. The van der Waals surface area contributed by atoms with E-state index in [1.807, 2.05) is 0 Å². The standard InChI is InChI=1S/C14H17N5O2S/c20-11(17-9-4-1-2-5-9)8-10-12(21)18-14(22-10)19-13-15-6-3-7-16-13/h3,6-7,9-10H,1-2,4-5,8H2,(H,17,20)(H,15,16,18,19,21). The fourth-order valence-corrected chi connectivity index (χ4v) is 3.52. The molecule has 116 valence electrons. The van der Waals surface area contributed by atoms with Gasteiger partial charge in [0.2, 0.25) is 11.8 Å². The van der Waals surface area contributed by atoms with E-state index in [1.54, 1.807) is 18.5 Å². The van der Waals surface area contributed by atoms with Gasteiger partial charge >= 0.3 is 0 Å². The van der Waals surface area contributed by atoms with Gasteiger partial charge in [-0.05, 0) is 18.9 Å². The van der Waals surface area contributed by atoms with E-state index in [0.717, 1.165) is 25.7 Å². The summed E-state index contributed by atoms with van der Waals surface area (Å²) in [6.45, 7) is 0. The summed E-state index contributed by atoms with van der Waals surface area (Å²) in [5.41, 5.74) is 0. The van der Waals surface area contributed by atoms with Crippen LogP contribution in [0, 0.1) is 0 Å². The highest BCUT2D eigenvalue weighted by atomic mass is 32.2. The highest BCUT2D eigenvalue weighted by Gasteiger charge is 2.32. The maximum atomic E-state index is 12.0. The number of rotatable bonds is 4. The first-order chi connectivity index (χ1) is 10.7. The normalized spacial score (nSPS) is 23.7. The van der Waals surface area contributed by atoms with Gasteiger partial charge in [-0.25, -0.2) is 9.97 Å². The van der Waals surface area contributed by atoms with E-state index in [2.05, 4.69) is 25.6 Å². The Bertz CT molecular complexity index is 586. The van der Waals surface area contributed by atoms with Crippen LogP contribution in [0.15, 0.2) is 23.5 Å². The first kappa shape index (κ1) is 15.0. The van der Waals surface area contributed by atoms with Gasteiger partial charge in [-0.15, -0.1) is 0 Å². The van der Waals surface area contributed by atoms with Crippen molar-refractivity contribution < 1.29 is 9.59 Å². The number of aromatic nitrogens is 2. The molecule has 0 bridgehead atoms. The number of aliphatic imine (C=N–C) groups is 1. The second kappa shape index (κ2) is 6.87.